The Bertz CT molecular complexity index is 620. The van der Waals surface area contributed by atoms with Crippen molar-refractivity contribution in [3.05, 3.63) is 36.5 Å². The van der Waals surface area contributed by atoms with E-state index in [4.69, 9.17) is 0 Å². The summed E-state index contributed by atoms with van der Waals surface area (Å²) in [5.74, 6) is 0.289. The van der Waals surface area contributed by atoms with Gasteiger partial charge in [0, 0.05) is 17.7 Å². The maximum absolute atomic E-state index is 12.4. The molecule has 0 fully saturated rings. The van der Waals surface area contributed by atoms with Gasteiger partial charge in [-0.1, -0.05) is 50.1 Å². The molecule has 0 aromatic rings. The monoisotopic (exact) mass is 411 g/mol. The molecule has 4 nitrogen and oxygen atoms in total. The highest BCUT2D eigenvalue weighted by atomic mass is 32.2. The molecule has 0 aliphatic rings. The number of hydrogen-bond acceptors (Lipinski definition) is 3. The predicted octanol–water partition coefficient (Wildman–Crippen LogP) is 5.46. The van der Waals surface area contributed by atoms with Gasteiger partial charge in [0.05, 0.1) is 11.0 Å². The highest BCUT2D eigenvalue weighted by Gasteiger charge is 2.20. The number of carbonyl (C=O) groups is 1. The lowest BCUT2D eigenvalue weighted by Crippen LogP contribution is -2.42. The molecule has 0 N–H and O–H groups in total. The first-order chi connectivity index (χ1) is 13.0. The normalized spacial score (nSPS) is 12.8. The summed E-state index contributed by atoms with van der Waals surface area (Å²) in [4.78, 5) is 14.3. The van der Waals surface area contributed by atoms with E-state index in [0.717, 1.165) is 38.5 Å². The van der Waals surface area contributed by atoms with E-state index in [1.54, 1.807) is 19.9 Å². The zero-order valence-corrected chi connectivity index (χ0v) is 19.6. The molecule has 0 saturated carbocycles. The third-order valence-corrected chi connectivity index (χ3v) is 6.98. The van der Waals surface area contributed by atoms with E-state index in [9.17, 15) is 13.2 Å². The molecule has 0 aliphatic carbocycles. The van der Waals surface area contributed by atoms with Crippen molar-refractivity contribution in [3.8, 4) is 0 Å². The summed E-state index contributed by atoms with van der Waals surface area (Å²) in [6.07, 6.45) is 13.7. The number of rotatable bonds is 14. The van der Waals surface area contributed by atoms with Crippen LogP contribution in [0.15, 0.2) is 36.5 Å². The summed E-state index contributed by atoms with van der Waals surface area (Å²) >= 11 is 0. The fourth-order valence-electron chi connectivity index (χ4n) is 2.98. The maximum atomic E-state index is 12.4. The van der Waals surface area contributed by atoms with Crippen molar-refractivity contribution in [1.29, 1.82) is 0 Å². The van der Waals surface area contributed by atoms with Gasteiger partial charge < -0.3 is 4.90 Å². The largest absolute Gasteiger partial charge is 0.334 e. The Labute approximate surface area is 173 Å². The van der Waals surface area contributed by atoms with Gasteiger partial charge in [-0.3, -0.25) is 4.79 Å². The first-order valence-electron chi connectivity index (χ1n) is 10.6. The zero-order chi connectivity index (χ0) is 21.7. The van der Waals surface area contributed by atoms with Crippen LogP contribution in [0.2, 0.25) is 0 Å². The number of hydrogen-bond donors (Lipinski definition) is 0. The molecule has 0 heterocycles. The van der Waals surface area contributed by atoms with Crippen molar-refractivity contribution in [2.24, 2.45) is 0 Å². The molecular weight excluding hydrogens is 370 g/mol. The average molecular weight is 412 g/mol. The van der Waals surface area contributed by atoms with Crippen LogP contribution in [0, 0.1) is 0 Å². The Morgan fingerprint density at radius 2 is 1.43 bits per heavy atom. The summed E-state index contributed by atoms with van der Waals surface area (Å²) in [7, 11) is -2.89. The Morgan fingerprint density at radius 1 is 0.893 bits per heavy atom. The summed E-state index contributed by atoms with van der Waals surface area (Å²) in [5, 5.41) is -0.268. The molecule has 0 unspecified atom stereocenters. The van der Waals surface area contributed by atoms with Crippen LogP contribution in [-0.2, 0) is 14.6 Å². The first kappa shape index (κ1) is 26.6. The molecule has 0 spiro atoms. The van der Waals surface area contributed by atoms with Crippen LogP contribution in [0.4, 0.5) is 0 Å². The van der Waals surface area contributed by atoms with Crippen LogP contribution in [0.5, 0.6) is 0 Å². The molecular formula is C23H41NO3S. The molecule has 0 aliphatic heterocycles. The van der Waals surface area contributed by atoms with Crippen molar-refractivity contribution in [2.45, 2.75) is 97.4 Å². The highest BCUT2D eigenvalue weighted by molar-refractivity contribution is 7.91. The van der Waals surface area contributed by atoms with Crippen LogP contribution in [0.3, 0.4) is 0 Å². The van der Waals surface area contributed by atoms with Crippen molar-refractivity contribution in [2.75, 3.05) is 5.75 Å². The molecule has 162 valence electrons. The average Bonchev–Trinajstić information content (AvgIpc) is 2.58. The van der Waals surface area contributed by atoms with Crippen molar-refractivity contribution in [1.82, 2.24) is 4.90 Å². The van der Waals surface area contributed by atoms with Crippen LogP contribution in [0.1, 0.15) is 80.1 Å². The number of allylic oxidation sites excluding steroid dienone is 3. The van der Waals surface area contributed by atoms with Gasteiger partial charge in [0.15, 0.2) is 9.84 Å². The van der Waals surface area contributed by atoms with E-state index < -0.39 is 9.84 Å². The van der Waals surface area contributed by atoms with Crippen LogP contribution in [-0.4, -0.2) is 42.3 Å². The summed E-state index contributed by atoms with van der Waals surface area (Å²) in [6.45, 7) is 15.4. The topological polar surface area (TPSA) is 54.5 Å². The van der Waals surface area contributed by atoms with Gasteiger partial charge in [0.2, 0.25) is 0 Å². The first-order valence-corrected chi connectivity index (χ1v) is 12.3. The highest BCUT2D eigenvalue weighted by Crippen LogP contribution is 2.12. The van der Waals surface area contributed by atoms with Gasteiger partial charge in [-0.25, -0.2) is 8.42 Å². The molecule has 1 amide bonds. The molecule has 5 heteroatoms. The third kappa shape index (κ3) is 10.8. The van der Waals surface area contributed by atoms with Gasteiger partial charge in [-0.15, -0.1) is 0 Å². The van der Waals surface area contributed by atoms with Gasteiger partial charge in [0.25, 0.3) is 5.91 Å². The molecule has 28 heavy (non-hydrogen) atoms. The lowest BCUT2D eigenvalue weighted by Gasteiger charge is -2.30. The molecule has 0 radical (unpaired) electrons. The number of unbranched alkanes of at least 4 members (excludes halogenated alkanes) is 5. The fraction of sp³-hybridized carbons (Fsp3) is 0.696. The number of amides is 1. The Kier molecular flexibility index (Phi) is 13.1. The smallest absolute Gasteiger partial charge is 0.253 e. The van der Waals surface area contributed by atoms with Crippen molar-refractivity contribution < 1.29 is 13.2 Å². The molecule has 0 rings (SSSR count). The Balaban J connectivity index is 4.01. The second-order valence-corrected chi connectivity index (χ2v) is 10.9. The minimum atomic E-state index is -2.89. The number of nitrogens with zero attached hydrogens (tertiary/aromatic N) is 1. The zero-order valence-electron chi connectivity index (χ0n) is 18.8. The lowest BCUT2D eigenvalue weighted by molar-refractivity contribution is -0.130. The van der Waals surface area contributed by atoms with Crippen LogP contribution >= 0.6 is 0 Å². The van der Waals surface area contributed by atoms with Crippen LogP contribution in [0.25, 0.3) is 0 Å². The number of sulfone groups is 1. The van der Waals surface area contributed by atoms with Gasteiger partial charge >= 0.3 is 0 Å². The Hall–Kier alpha value is -1.36. The molecule has 0 aromatic heterocycles. The minimum Gasteiger partial charge on any atom is -0.334 e. The minimum absolute atomic E-state index is 0.0193. The van der Waals surface area contributed by atoms with E-state index in [2.05, 4.69) is 12.7 Å². The summed E-state index contributed by atoms with van der Waals surface area (Å²) in [5.41, 5.74) is 0.503. The SMILES string of the molecule is C=C(/C=C\C=C\CCCCCCCS(=O)(=O)C(C)C)C(=O)N(C(C)C)C(C)C. The van der Waals surface area contributed by atoms with E-state index in [1.165, 1.54) is 0 Å². The quantitative estimate of drug-likeness (QED) is 0.216. The predicted molar refractivity (Wildman–Crippen MR) is 121 cm³/mol. The van der Waals surface area contributed by atoms with Crippen LogP contribution < -0.4 is 0 Å². The summed E-state index contributed by atoms with van der Waals surface area (Å²) < 4.78 is 23.4. The Morgan fingerprint density at radius 3 is 1.96 bits per heavy atom. The fourth-order valence-corrected chi connectivity index (χ4v) is 4.06. The molecule has 0 bridgehead atoms. The third-order valence-electron chi connectivity index (χ3n) is 4.68. The van der Waals surface area contributed by atoms with E-state index in [0.29, 0.717) is 11.3 Å². The second-order valence-electron chi connectivity index (χ2n) is 8.18. The lowest BCUT2D eigenvalue weighted by atomic mass is 10.1. The molecule has 0 saturated heterocycles. The molecule has 0 atom stereocenters. The van der Waals surface area contributed by atoms with E-state index >= 15 is 0 Å². The van der Waals surface area contributed by atoms with Gasteiger partial charge in [-0.05, 0) is 60.8 Å². The number of carbonyl (C=O) groups excluding carboxylic acids is 1. The summed E-state index contributed by atoms with van der Waals surface area (Å²) in [6, 6.07) is 0.303. The van der Waals surface area contributed by atoms with Crippen molar-refractivity contribution >= 4 is 15.7 Å². The van der Waals surface area contributed by atoms with E-state index in [1.807, 2.05) is 44.7 Å². The molecule has 0 aromatic carbocycles. The van der Waals surface area contributed by atoms with Gasteiger partial charge in [0.1, 0.15) is 0 Å². The van der Waals surface area contributed by atoms with Gasteiger partial charge in [-0.2, -0.15) is 0 Å². The second kappa shape index (κ2) is 13.8. The van der Waals surface area contributed by atoms with E-state index in [-0.39, 0.29) is 23.2 Å². The maximum Gasteiger partial charge on any atom is 0.253 e. The van der Waals surface area contributed by atoms with Crippen molar-refractivity contribution in [3.63, 3.8) is 0 Å². The standard InChI is InChI=1S/C23H41NO3S/c1-19(2)24(20(3)4)23(25)22(7)17-15-13-11-9-8-10-12-14-16-18-28(26,27)21(5)6/h11,13,15,17,19-21H,7-10,12,14,16,18H2,1-6H3/b13-11+,17-15-.